The largest absolute Gasteiger partial charge is 0.478 e. The van der Waals surface area contributed by atoms with Crippen LogP contribution in [0.1, 0.15) is 118 Å². The molecule has 28 heavy (non-hydrogen) atoms. The first-order valence-electron chi connectivity index (χ1n) is 11.4. The minimum absolute atomic E-state index is 0.120. The highest BCUT2D eigenvalue weighted by atomic mass is 16.4. The van der Waals surface area contributed by atoms with Gasteiger partial charge in [-0.3, -0.25) is 0 Å². The molecule has 0 aliphatic rings. The number of carboxylic acids is 2. The van der Waals surface area contributed by atoms with Crippen molar-refractivity contribution >= 4 is 11.9 Å². The molecule has 0 aromatic carbocycles. The summed E-state index contributed by atoms with van der Waals surface area (Å²) in [5.74, 6) is -0.659. The van der Waals surface area contributed by atoms with E-state index in [1.54, 1.807) is 0 Å². The molecule has 164 valence electrons. The Bertz CT molecular complexity index is 421. The molecule has 0 fully saturated rings. The van der Waals surface area contributed by atoms with Crippen molar-refractivity contribution in [2.24, 2.45) is 11.8 Å². The molecule has 0 unspecified atom stereocenters. The standard InChI is InChI=1S/C24H44O4/c1-19(2)15-11-7-5-9-13-17-21(23(25)26)22(24(27)28)18-14-10-6-8-12-16-20(3)4/h19-20H,5-18H2,1-4H3,(H,25,26)(H,27,28)/b22-21+. The van der Waals surface area contributed by atoms with Crippen LogP contribution < -0.4 is 0 Å². The maximum atomic E-state index is 11.6. The summed E-state index contributed by atoms with van der Waals surface area (Å²) in [6.07, 6.45) is 13.6. The first-order valence-corrected chi connectivity index (χ1v) is 11.4. The van der Waals surface area contributed by atoms with Gasteiger partial charge in [-0.15, -0.1) is 0 Å². The second kappa shape index (κ2) is 16.6. The smallest absolute Gasteiger partial charge is 0.332 e. The van der Waals surface area contributed by atoms with E-state index in [9.17, 15) is 19.8 Å². The minimum atomic E-state index is -1.06. The van der Waals surface area contributed by atoms with Crippen LogP contribution in [0, 0.1) is 11.8 Å². The van der Waals surface area contributed by atoms with Crippen LogP contribution in [-0.4, -0.2) is 22.2 Å². The van der Waals surface area contributed by atoms with Crippen LogP contribution in [-0.2, 0) is 9.59 Å². The van der Waals surface area contributed by atoms with Crippen LogP contribution in [0.25, 0.3) is 0 Å². The molecule has 0 saturated carbocycles. The van der Waals surface area contributed by atoms with Crippen LogP contribution in [0.4, 0.5) is 0 Å². The second-order valence-electron chi connectivity index (χ2n) is 8.97. The van der Waals surface area contributed by atoms with Crippen LogP contribution in [0.15, 0.2) is 11.1 Å². The summed E-state index contributed by atoms with van der Waals surface area (Å²) in [5, 5.41) is 19.0. The van der Waals surface area contributed by atoms with E-state index in [1.807, 2.05) is 0 Å². The highest BCUT2D eigenvalue weighted by Gasteiger charge is 2.19. The van der Waals surface area contributed by atoms with Crippen molar-refractivity contribution in [2.45, 2.75) is 118 Å². The molecule has 0 heterocycles. The fourth-order valence-corrected chi connectivity index (χ4v) is 3.54. The molecule has 0 aromatic rings. The van der Waals surface area contributed by atoms with Gasteiger partial charge in [-0.1, -0.05) is 91.9 Å². The molecule has 4 nitrogen and oxygen atoms in total. The summed E-state index contributed by atoms with van der Waals surface area (Å²) in [5.41, 5.74) is 0.240. The summed E-state index contributed by atoms with van der Waals surface area (Å²) < 4.78 is 0. The lowest BCUT2D eigenvalue weighted by molar-refractivity contribution is -0.136. The monoisotopic (exact) mass is 396 g/mol. The number of hydrogen-bond donors (Lipinski definition) is 2. The van der Waals surface area contributed by atoms with Gasteiger partial charge in [-0.05, 0) is 37.5 Å². The number of carboxylic acid groups (broad SMARTS) is 2. The molecule has 0 atom stereocenters. The van der Waals surface area contributed by atoms with Crippen molar-refractivity contribution < 1.29 is 19.8 Å². The van der Waals surface area contributed by atoms with Gasteiger partial charge in [-0.2, -0.15) is 0 Å². The molecule has 0 amide bonds. The maximum Gasteiger partial charge on any atom is 0.332 e. The zero-order valence-electron chi connectivity index (χ0n) is 18.8. The maximum absolute atomic E-state index is 11.6. The van der Waals surface area contributed by atoms with Gasteiger partial charge in [0.25, 0.3) is 0 Å². The number of unbranched alkanes of at least 4 members (excludes halogenated alkanes) is 8. The fraction of sp³-hybridized carbons (Fsp3) is 0.833. The van der Waals surface area contributed by atoms with E-state index in [1.165, 1.54) is 38.5 Å². The highest BCUT2D eigenvalue weighted by Crippen LogP contribution is 2.21. The number of carbonyl (C=O) groups is 2. The molecule has 0 saturated heterocycles. The Labute approximate surface area is 172 Å². The van der Waals surface area contributed by atoms with E-state index in [0.29, 0.717) is 12.8 Å². The van der Waals surface area contributed by atoms with Crippen LogP contribution in [0.3, 0.4) is 0 Å². The SMILES string of the molecule is CC(C)CCCCCCC/C(C(=O)O)=C(/CCCCCCCC(C)C)C(=O)O. The van der Waals surface area contributed by atoms with Gasteiger partial charge < -0.3 is 10.2 Å². The molecule has 0 aromatic heterocycles. The molecule has 0 rings (SSSR count). The van der Waals surface area contributed by atoms with Gasteiger partial charge in [0, 0.05) is 11.1 Å². The van der Waals surface area contributed by atoms with Gasteiger partial charge in [0.15, 0.2) is 0 Å². The van der Waals surface area contributed by atoms with Crippen molar-refractivity contribution in [3.63, 3.8) is 0 Å². The Morgan fingerprint density at radius 2 is 0.821 bits per heavy atom. The topological polar surface area (TPSA) is 74.6 Å². The van der Waals surface area contributed by atoms with Crippen molar-refractivity contribution in [1.82, 2.24) is 0 Å². The number of rotatable bonds is 18. The molecule has 2 N–H and O–H groups in total. The van der Waals surface area contributed by atoms with E-state index in [4.69, 9.17) is 0 Å². The Morgan fingerprint density at radius 1 is 0.536 bits per heavy atom. The second-order valence-corrected chi connectivity index (χ2v) is 8.97. The van der Waals surface area contributed by atoms with Gasteiger partial charge in [0.1, 0.15) is 0 Å². The lowest BCUT2D eigenvalue weighted by Gasteiger charge is -2.10. The average Bonchev–Trinajstić information content (AvgIpc) is 2.59. The lowest BCUT2D eigenvalue weighted by Crippen LogP contribution is -2.12. The fourth-order valence-electron chi connectivity index (χ4n) is 3.54. The molecule has 0 aliphatic heterocycles. The third kappa shape index (κ3) is 14.7. The molecular weight excluding hydrogens is 352 g/mol. The Hall–Kier alpha value is -1.32. The van der Waals surface area contributed by atoms with Crippen molar-refractivity contribution in [2.75, 3.05) is 0 Å². The minimum Gasteiger partial charge on any atom is -0.478 e. The Balaban J connectivity index is 4.33. The van der Waals surface area contributed by atoms with E-state index in [0.717, 1.165) is 50.4 Å². The number of hydrogen-bond acceptors (Lipinski definition) is 2. The summed E-state index contributed by atoms with van der Waals surface area (Å²) in [4.78, 5) is 23.2. The molecule has 0 spiro atoms. The number of aliphatic carboxylic acids is 2. The van der Waals surface area contributed by atoms with Crippen LogP contribution in [0.2, 0.25) is 0 Å². The predicted molar refractivity (Wildman–Crippen MR) is 117 cm³/mol. The van der Waals surface area contributed by atoms with Crippen molar-refractivity contribution in [3.05, 3.63) is 11.1 Å². The normalized spacial score (nSPS) is 12.5. The van der Waals surface area contributed by atoms with Gasteiger partial charge in [-0.25, -0.2) is 9.59 Å². The summed E-state index contributed by atoms with van der Waals surface area (Å²) in [6.45, 7) is 8.90. The molecule has 0 radical (unpaired) electrons. The van der Waals surface area contributed by atoms with E-state index >= 15 is 0 Å². The molecule has 0 aliphatic carbocycles. The summed E-state index contributed by atoms with van der Waals surface area (Å²) in [6, 6.07) is 0. The molecule has 4 heteroatoms. The van der Waals surface area contributed by atoms with E-state index in [2.05, 4.69) is 27.7 Å². The first-order chi connectivity index (χ1) is 13.3. The van der Waals surface area contributed by atoms with E-state index < -0.39 is 11.9 Å². The Morgan fingerprint density at radius 3 is 1.11 bits per heavy atom. The predicted octanol–water partition coefficient (Wildman–Crippen LogP) is 7.23. The van der Waals surface area contributed by atoms with E-state index in [-0.39, 0.29) is 11.1 Å². The highest BCUT2D eigenvalue weighted by molar-refractivity contribution is 5.98. The zero-order chi connectivity index (χ0) is 21.4. The molecule has 0 bridgehead atoms. The van der Waals surface area contributed by atoms with Gasteiger partial charge in [0.05, 0.1) is 0 Å². The van der Waals surface area contributed by atoms with Gasteiger partial charge in [0.2, 0.25) is 0 Å². The van der Waals surface area contributed by atoms with Crippen molar-refractivity contribution in [1.29, 1.82) is 0 Å². The lowest BCUT2D eigenvalue weighted by atomic mass is 9.96. The van der Waals surface area contributed by atoms with Crippen molar-refractivity contribution in [3.8, 4) is 0 Å². The summed E-state index contributed by atoms with van der Waals surface area (Å²) in [7, 11) is 0. The Kier molecular flexibility index (Phi) is 15.8. The van der Waals surface area contributed by atoms with Crippen LogP contribution >= 0.6 is 0 Å². The van der Waals surface area contributed by atoms with Crippen LogP contribution in [0.5, 0.6) is 0 Å². The zero-order valence-corrected chi connectivity index (χ0v) is 18.8. The van der Waals surface area contributed by atoms with Gasteiger partial charge >= 0.3 is 11.9 Å². The third-order valence-electron chi connectivity index (χ3n) is 5.30. The third-order valence-corrected chi connectivity index (χ3v) is 5.30. The quantitative estimate of drug-likeness (QED) is 0.189. The summed E-state index contributed by atoms with van der Waals surface area (Å²) >= 11 is 0. The average molecular weight is 397 g/mol. The first kappa shape index (κ1) is 26.7. The molecular formula is C24H44O4.